The molecule has 11 rings (SSSR count). The van der Waals surface area contributed by atoms with E-state index in [-0.39, 0.29) is 136 Å². The fraction of sp³-hybridized carbons (Fsp3) is 0.485. The Labute approximate surface area is 568 Å². The summed E-state index contributed by atoms with van der Waals surface area (Å²) in [5, 5.41) is 12.2. The Kier molecular flexibility index (Phi) is 19.6. The molecule has 5 heterocycles. The van der Waals surface area contributed by atoms with E-state index in [4.69, 9.17) is 42.9 Å². The molecule has 3 aliphatic carbocycles. The number of likely N-dealkylation sites (N-methyl/N-ethyl adjacent to an activating group) is 2. The number of anilines is 3. The highest BCUT2D eigenvalue weighted by molar-refractivity contribution is 7.46. The zero-order valence-electron chi connectivity index (χ0n) is 54.5. The summed E-state index contributed by atoms with van der Waals surface area (Å²) in [5.74, 6) is -3.09. The summed E-state index contributed by atoms with van der Waals surface area (Å²) in [7, 11) is -1.97. The number of carbonyl (C=O) groups is 10. The Morgan fingerprint density at radius 1 is 0.753 bits per heavy atom. The summed E-state index contributed by atoms with van der Waals surface area (Å²) in [6.07, 6.45) is 7.74. The third kappa shape index (κ3) is 13.3. The van der Waals surface area contributed by atoms with E-state index in [1.54, 1.807) is 66.4 Å². The number of aryl methyl sites for hydroxylation is 2. The third-order valence-corrected chi connectivity index (χ3v) is 21.2. The number of phosphoric acid groups is 1. The average Bonchev–Trinajstić information content (AvgIpc) is 1.40. The molecule has 28 nitrogen and oxygen atoms in total. The number of aromatic nitrogens is 2. The lowest BCUT2D eigenvalue weighted by atomic mass is 9.72. The molecule has 31 heteroatoms. The van der Waals surface area contributed by atoms with E-state index in [0.717, 1.165) is 32.5 Å². The topological polar surface area (TPSA) is 378 Å². The maximum Gasteiger partial charge on any atom is 0.524 e. The van der Waals surface area contributed by atoms with Gasteiger partial charge in [0.25, 0.3) is 11.8 Å². The number of rotatable bonds is 28. The molecule has 3 aromatic carbocycles. The molecular weight excluding hydrogens is 1320 g/mol. The number of nitrogens with two attached hydrogens (primary N) is 1. The number of fused-ring (bicyclic) bond motifs is 6. The highest BCUT2D eigenvalue weighted by atomic mass is 35.5. The van der Waals surface area contributed by atoms with Crippen LogP contribution < -0.4 is 46.1 Å². The van der Waals surface area contributed by atoms with Crippen molar-refractivity contribution in [2.75, 3.05) is 80.2 Å². The molecule has 3 aliphatic heterocycles. The summed E-state index contributed by atoms with van der Waals surface area (Å²) in [4.78, 5) is 166. The average molecular weight is 1400 g/mol. The lowest BCUT2D eigenvalue weighted by Crippen LogP contribution is -2.54. The van der Waals surface area contributed by atoms with Crippen molar-refractivity contribution in [2.45, 2.75) is 116 Å². The van der Waals surface area contributed by atoms with Crippen LogP contribution in [0.1, 0.15) is 111 Å². The van der Waals surface area contributed by atoms with Crippen LogP contribution in [0, 0.1) is 36.0 Å². The monoisotopic (exact) mass is 1400 g/mol. The lowest BCUT2D eigenvalue weighted by Gasteiger charge is -2.37. The van der Waals surface area contributed by atoms with Gasteiger partial charge in [0.1, 0.15) is 18.7 Å². The maximum absolute atomic E-state index is 15.2. The third-order valence-electron chi connectivity index (χ3n) is 20.0. The van der Waals surface area contributed by atoms with Gasteiger partial charge in [0.15, 0.2) is 11.5 Å². The number of hydrogen-bond donors (Lipinski definition) is 9. The Morgan fingerprint density at radius 3 is 1.85 bits per heavy atom. The number of amides is 11. The van der Waals surface area contributed by atoms with Crippen LogP contribution in [0.5, 0.6) is 11.5 Å². The quantitative estimate of drug-likeness (QED) is 0.0104. The van der Waals surface area contributed by atoms with Crippen molar-refractivity contribution in [1.82, 2.24) is 40.6 Å². The number of nitrogens with one attached hydrogen (secondary N) is 6. The fourth-order valence-corrected chi connectivity index (χ4v) is 15.8. The summed E-state index contributed by atoms with van der Waals surface area (Å²) in [5.41, 5.74) is 9.14. The first-order valence-corrected chi connectivity index (χ1v) is 34.8. The van der Waals surface area contributed by atoms with E-state index in [0.29, 0.717) is 77.6 Å². The number of imide groups is 1. The number of phosphoric ester groups is 1. The van der Waals surface area contributed by atoms with Crippen LogP contribution in [0.4, 0.5) is 31.4 Å². The second-order valence-corrected chi connectivity index (χ2v) is 28.4. The molecule has 2 aromatic heterocycles. The lowest BCUT2D eigenvalue weighted by molar-refractivity contribution is -0.137. The van der Waals surface area contributed by atoms with Gasteiger partial charge in [-0.25, -0.2) is 18.9 Å². The fourth-order valence-electron chi connectivity index (χ4n) is 14.9. The van der Waals surface area contributed by atoms with Gasteiger partial charge in [-0.05, 0) is 105 Å². The van der Waals surface area contributed by atoms with Crippen molar-refractivity contribution in [2.24, 2.45) is 27.9 Å². The molecule has 97 heavy (non-hydrogen) atoms. The predicted octanol–water partition coefficient (Wildman–Crippen LogP) is 7.14. The number of unbranched alkanes of at least 4 members (excludes halogenated alkanes) is 2. The molecule has 7 atom stereocenters. The van der Waals surface area contributed by atoms with E-state index >= 15 is 4.79 Å². The summed E-state index contributed by atoms with van der Waals surface area (Å²) < 4.78 is 29.0. The molecule has 3 saturated carbocycles. The number of aromatic amines is 2. The molecule has 518 valence electrons. The van der Waals surface area contributed by atoms with Crippen molar-refractivity contribution in [3.63, 3.8) is 0 Å². The maximum atomic E-state index is 15.2. The van der Waals surface area contributed by atoms with Crippen molar-refractivity contribution >= 4 is 129 Å². The smallest absolute Gasteiger partial charge is 0.445 e. The molecule has 5 aromatic rings. The molecule has 0 radical (unpaired) electrons. The van der Waals surface area contributed by atoms with Crippen LogP contribution in [-0.4, -0.2) is 171 Å². The molecular formula is C66H79Cl2N12O16P. The van der Waals surface area contributed by atoms with Crippen LogP contribution in [0.3, 0.4) is 0 Å². The van der Waals surface area contributed by atoms with Crippen LogP contribution >= 0.6 is 31.0 Å². The zero-order valence-corrected chi connectivity index (χ0v) is 56.9. The van der Waals surface area contributed by atoms with Crippen LogP contribution in [0.25, 0.3) is 21.8 Å². The largest absolute Gasteiger partial charge is 0.524 e. The number of carbonyl (C=O) groups excluding carboxylic acids is 10. The minimum absolute atomic E-state index is 0.0270. The Balaban J connectivity index is 0.671. The number of primary amides is 1. The molecule has 0 bridgehead atoms. The molecule has 0 saturated heterocycles. The van der Waals surface area contributed by atoms with Crippen molar-refractivity contribution < 1.29 is 76.3 Å². The number of ether oxygens (including phenoxy) is 2. The highest BCUT2D eigenvalue weighted by Crippen LogP contribution is 3.01. The van der Waals surface area contributed by atoms with Gasteiger partial charge in [-0.15, -0.1) is 23.2 Å². The van der Waals surface area contributed by atoms with Crippen molar-refractivity contribution in [3.8, 4) is 11.5 Å². The van der Waals surface area contributed by atoms with Crippen molar-refractivity contribution in [3.05, 3.63) is 88.8 Å². The molecule has 10 N–H and O–H groups in total. The van der Waals surface area contributed by atoms with E-state index in [2.05, 4.69) is 31.2 Å². The summed E-state index contributed by atoms with van der Waals surface area (Å²) >= 11 is 13.2. The van der Waals surface area contributed by atoms with Gasteiger partial charge in [-0.1, -0.05) is 32.4 Å². The minimum atomic E-state index is -5.00. The molecule has 3 fully saturated rings. The van der Waals surface area contributed by atoms with Gasteiger partial charge in [-0.2, -0.15) is 0 Å². The van der Waals surface area contributed by atoms with Gasteiger partial charge in [0.2, 0.25) is 29.5 Å². The minimum Gasteiger partial charge on any atom is -0.445 e. The van der Waals surface area contributed by atoms with E-state index in [1.165, 1.54) is 42.1 Å². The second kappa shape index (κ2) is 27.3. The zero-order chi connectivity index (χ0) is 69.8. The standard InChI is InChI=1S/C66H79Cl2N12O16P/c1-35(2)54(75-47(81)12-8-7-9-20-78-48(82)17-18-49(78)83)58(85)74-42(11-10-19-70-61(69)88)57(84)73-41-15-13-38(14-16-41)31-94-62(89)76(5)21-22-77(6)63(90)95-45-23-43-52(50-36(3)27-71-55(45)50)39(25-67)29-79(43)59(86)64-32-65(34-66(64,65)33-64)60(87)80-30-40(26-68)53-44(80)24-46(96-97(91,92)93)56-51(53)37(4)28-72-56/h13-18,23-24,27-28,35,39-40,42,54,71-72H,7-12,19-22,25-26,29-34H2,1-6H3,(H,73,84)(H,74,85)(H,75,81)(H3,69,70,88)(H2,91,92,93)/t39-,40-,42+,54+,64?,65?,66?/m1/s1. The molecule has 6 aliphatic rings. The number of hydrogen-bond acceptors (Lipinski definition) is 14. The first kappa shape index (κ1) is 69.7. The Hall–Kier alpha value is -8.69. The first-order valence-electron chi connectivity index (χ1n) is 32.2. The summed E-state index contributed by atoms with van der Waals surface area (Å²) in [6, 6.07) is 6.76. The van der Waals surface area contributed by atoms with Gasteiger partial charge in [0, 0.05) is 142 Å². The van der Waals surface area contributed by atoms with E-state index < -0.39 is 66.2 Å². The van der Waals surface area contributed by atoms with Gasteiger partial charge in [-0.3, -0.25) is 48.2 Å². The number of alkyl halides is 2. The SMILES string of the molecule is Cc1c[nH]c2c(OC(=O)N(C)CCN(C)C(=O)OCc3ccc(NC(=O)[C@H](CCCNC(N)=O)NC(=O)[C@@H](NC(=O)CCCCCN4C(=O)C=CC4=O)C(C)C)cc3)cc3c(c12)[C@H](CCl)CN3C(=O)C12CC3(C(=O)N4C[C@@H](CCl)c5c4cc(OP(=O)(O)O)c4[nH]cc(C)c54)CC13C2. The van der Waals surface area contributed by atoms with E-state index in [1.807, 2.05) is 13.8 Å². The predicted molar refractivity (Wildman–Crippen MR) is 358 cm³/mol. The number of nitrogens with zero attached hydrogens (tertiary/aromatic N) is 5. The van der Waals surface area contributed by atoms with Crippen LogP contribution in [-0.2, 0) is 49.5 Å². The van der Waals surface area contributed by atoms with Gasteiger partial charge < -0.3 is 70.6 Å². The van der Waals surface area contributed by atoms with Crippen molar-refractivity contribution in [1.29, 1.82) is 0 Å². The van der Waals surface area contributed by atoms with Crippen LogP contribution in [0.2, 0.25) is 0 Å². The molecule has 11 amide bonds. The molecule has 3 unspecified atom stereocenters. The Bertz CT molecular complexity index is 4120. The number of H-pyrrole nitrogens is 2. The Morgan fingerprint density at radius 2 is 1.31 bits per heavy atom. The number of urea groups is 1. The van der Waals surface area contributed by atoms with Crippen LogP contribution in [0.15, 0.2) is 60.9 Å². The highest BCUT2D eigenvalue weighted by Gasteiger charge is 3.01. The summed E-state index contributed by atoms with van der Waals surface area (Å²) in [6.45, 7) is 8.03. The van der Waals surface area contributed by atoms with Gasteiger partial charge >= 0.3 is 26.0 Å². The number of benzene rings is 3. The molecule has 1 spiro atoms. The first-order chi connectivity index (χ1) is 46.1. The number of halogens is 2. The second-order valence-electron chi connectivity index (χ2n) is 26.7. The van der Waals surface area contributed by atoms with E-state index in [9.17, 15) is 57.5 Å². The van der Waals surface area contributed by atoms with Gasteiger partial charge in [0.05, 0.1) is 33.2 Å². The normalized spacial score (nSPS) is 21.5.